The first-order valence-corrected chi connectivity index (χ1v) is 2.91. The van der Waals surface area contributed by atoms with E-state index in [1.54, 1.807) is 6.08 Å². The van der Waals surface area contributed by atoms with Gasteiger partial charge < -0.3 is 5.73 Å². The maximum Gasteiger partial charge on any atom is 0.0546 e. The lowest BCUT2D eigenvalue weighted by Crippen LogP contribution is -2.36. The van der Waals surface area contributed by atoms with E-state index in [0.717, 1.165) is 13.0 Å². The van der Waals surface area contributed by atoms with Crippen LogP contribution in [-0.4, -0.2) is 12.7 Å². The van der Waals surface area contributed by atoms with Crippen LogP contribution < -0.4 is 11.1 Å². The second-order valence-electron chi connectivity index (χ2n) is 1.71. The van der Waals surface area contributed by atoms with Crippen molar-refractivity contribution >= 4 is 0 Å². The Balaban J connectivity index is 2.97. The molecular formula is C6H14N2. The molecule has 0 bridgehead atoms. The van der Waals surface area contributed by atoms with Gasteiger partial charge in [0.05, 0.1) is 6.17 Å². The first-order valence-electron chi connectivity index (χ1n) is 2.91. The van der Waals surface area contributed by atoms with Crippen LogP contribution in [0.25, 0.3) is 0 Å². The molecule has 2 nitrogen and oxygen atoms in total. The molecule has 3 N–H and O–H groups in total. The van der Waals surface area contributed by atoms with Gasteiger partial charge in [-0.05, 0) is 6.42 Å². The van der Waals surface area contributed by atoms with Gasteiger partial charge in [0, 0.05) is 6.54 Å². The molecule has 1 atom stereocenters. The monoisotopic (exact) mass is 114 g/mol. The Morgan fingerprint density at radius 3 is 2.88 bits per heavy atom. The third kappa shape index (κ3) is 3.84. The number of rotatable bonds is 4. The summed E-state index contributed by atoms with van der Waals surface area (Å²) in [5.41, 5.74) is 5.50. The van der Waals surface area contributed by atoms with Crippen molar-refractivity contribution in [3.8, 4) is 0 Å². The van der Waals surface area contributed by atoms with Crippen molar-refractivity contribution < 1.29 is 0 Å². The van der Waals surface area contributed by atoms with Crippen molar-refractivity contribution in [1.29, 1.82) is 0 Å². The van der Waals surface area contributed by atoms with Gasteiger partial charge in [0.15, 0.2) is 0 Å². The Bertz CT molecular complexity index is 61.5. The van der Waals surface area contributed by atoms with E-state index >= 15 is 0 Å². The summed E-state index contributed by atoms with van der Waals surface area (Å²) in [4.78, 5) is 0. The maximum atomic E-state index is 5.50. The normalized spacial score (nSPS) is 13.2. The van der Waals surface area contributed by atoms with Crippen LogP contribution in [0.4, 0.5) is 0 Å². The van der Waals surface area contributed by atoms with Gasteiger partial charge in [0.1, 0.15) is 0 Å². The van der Waals surface area contributed by atoms with Crippen LogP contribution in [0.1, 0.15) is 13.3 Å². The van der Waals surface area contributed by atoms with E-state index in [4.69, 9.17) is 5.73 Å². The molecule has 0 aromatic carbocycles. The highest BCUT2D eigenvalue weighted by molar-refractivity contribution is 4.71. The average molecular weight is 114 g/mol. The zero-order valence-corrected chi connectivity index (χ0v) is 5.35. The lowest BCUT2D eigenvalue weighted by molar-refractivity contribution is 0.544. The van der Waals surface area contributed by atoms with Gasteiger partial charge in [-0.25, -0.2) is 0 Å². The van der Waals surface area contributed by atoms with Gasteiger partial charge in [-0.1, -0.05) is 13.0 Å². The van der Waals surface area contributed by atoms with Gasteiger partial charge in [0.2, 0.25) is 0 Å². The molecule has 0 aromatic rings. The van der Waals surface area contributed by atoms with Crippen molar-refractivity contribution in [3.05, 3.63) is 12.7 Å². The van der Waals surface area contributed by atoms with Gasteiger partial charge >= 0.3 is 0 Å². The molecule has 8 heavy (non-hydrogen) atoms. The molecular weight excluding hydrogens is 100 g/mol. The first-order chi connectivity index (χ1) is 3.81. The van der Waals surface area contributed by atoms with Crippen molar-refractivity contribution in [2.24, 2.45) is 5.73 Å². The fraction of sp³-hybridized carbons (Fsp3) is 0.667. The Morgan fingerprint density at radius 1 is 1.88 bits per heavy atom. The Kier molecular flexibility index (Phi) is 4.61. The molecule has 0 aliphatic heterocycles. The highest BCUT2D eigenvalue weighted by Gasteiger charge is 1.91. The van der Waals surface area contributed by atoms with Crippen LogP contribution in [0.2, 0.25) is 0 Å². The highest BCUT2D eigenvalue weighted by atomic mass is 15.0. The molecule has 0 radical (unpaired) electrons. The molecule has 0 aliphatic rings. The van der Waals surface area contributed by atoms with Gasteiger partial charge in [-0.15, -0.1) is 6.58 Å². The van der Waals surface area contributed by atoms with E-state index in [0.29, 0.717) is 0 Å². The molecule has 1 unspecified atom stereocenters. The zero-order chi connectivity index (χ0) is 6.41. The van der Waals surface area contributed by atoms with Crippen molar-refractivity contribution in [1.82, 2.24) is 5.32 Å². The number of hydrogen-bond donors (Lipinski definition) is 2. The molecule has 0 aliphatic carbocycles. The predicted molar refractivity (Wildman–Crippen MR) is 36.5 cm³/mol. The molecule has 0 fully saturated rings. The van der Waals surface area contributed by atoms with E-state index in [2.05, 4.69) is 11.9 Å². The average Bonchev–Trinajstić information content (AvgIpc) is 1.83. The summed E-state index contributed by atoms with van der Waals surface area (Å²) in [6, 6.07) is 0. The molecule has 0 heterocycles. The maximum absolute atomic E-state index is 5.50. The summed E-state index contributed by atoms with van der Waals surface area (Å²) in [6.45, 7) is 6.39. The van der Waals surface area contributed by atoms with Crippen LogP contribution >= 0.6 is 0 Å². The molecule has 0 amide bonds. The SMILES string of the molecule is C=CCNC(N)CC. The number of nitrogens with two attached hydrogens (primary N) is 1. The molecule has 0 spiro atoms. The smallest absolute Gasteiger partial charge is 0.0546 e. The lowest BCUT2D eigenvalue weighted by Gasteiger charge is -2.07. The van der Waals surface area contributed by atoms with Crippen LogP contribution in [0.5, 0.6) is 0 Å². The van der Waals surface area contributed by atoms with Crippen LogP contribution in [0.3, 0.4) is 0 Å². The lowest BCUT2D eigenvalue weighted by atomic mass is 10.4. The van der Waals surface area contributed by atoms with Gasteiger partial charge in [-0.3, -0.25) is 5.32 Å². The highest BCUT2D eigenvalue weighted by Crippen LogP contribution is 1.77. The molecule has 0 saturated carbocycles. The summed E-state index contributed by atoms with van der Waals surface area (Å²) in [5, 5.41) is 3.04. The summed E-state index contributed by atoms with van der Waals surface area (Å²) < 4.78 is 0. The Labute approximate surface area is 50.8 Å². The second kappa shape index (κ2) is 4.81. The fourth-order valence-electron chi connectivity index (χ4n) is 0.379. The van der Waals surface area contributed by atoms with E-state index in [-0.39, 0.29) is 6.17 Å². The number of nitrogens with one attached hydrogen (secondary N) is 1. The van der Waals surface area contributed by atoms with Crippen molar-refractivity contribution in [2.45, 2.75) is 19.5 Å². The summed E-state index contributed by atoms with van der Waals surface area (Å²) in [7, 11) is 0. The minimum Gasteiger partial charge on any atom is -0.316 e. The van der Waals surface area contributed by atoms with Crippen molar-refractivity contribution in [3.63, 3.8) is 0 Å². The molecule has 0 saturated heterocycles. The van der Waals surface area contributed by atoms with Gasteiger partial charge in [0.25, 0.3) is 0 Å². The van der Waals surface area contributed by atoms with E-state index in [9.17, 15) is 0 Å². The van der Waals surface area contributed by atoms with E-state index in [1.807, 2.05) is 6.92 Å². The van der Waals surface area contributed by atoms with Crippen LogP contribution in [-0.2, 0) is 0 Å². The van der Waals surface area contributed by atoms with Crippen molar-refractivity contribution in [2.75, 3.05) is 6.54 Å². The van der Waals surface area contributed by atoms with E-state index in [1.165, 1.54) is 0 Å². The molecule has 48 valence electrons. The zero-order valence-electron chi connectivity index (χ0n) is 5.35. The summed E-state index contributed by atoms with van der Waals surface area (Å²) >= 11 is 0. The minimum absolute atomic E-state index is 0.132. The molecule has 0 rings (SSSR count). The topological polar surface area (TPSA) is 38.0 Å². The minimum atomic E-state index is 0.132. The fourth-order valence-corrected chi connectivity index (χ4v) is 0.379. The Morgan fingerprint density at radius 2 is 2.50 bits per heavy atom. The Hall–Kier alpha value is -0.340. The van der Waals surface area contributed by atoms with Crippen LogP contribution in [0, 0.1) is 0 Å². The molecule has 2 heteroatoms. The summed E-state index contributed by atoms with van der Waals surface area (Å²) in [5.74, 6) is 0. The quantitative estimate of drug-likeness (QED) is 0.411. The largest absolute Gasteiger partial charge is 0.316 e. The second-order valence-corrected chi connectivity index (χ2v) is 1.71. The predicted octanol–water partition coefficient (Wildman–Crippen LogP) is 0.457. The first kappa shape index (κ1) is 7.66. The summed E-state index contributed by atoms with van der Waals surface area (Å²) in [6.07, 6.45) is 2.90. The third-order valence-corrected chi connectivity index (χ3v) is 0.964. The molecule has 0 aromatic heterocycles. The third-order valence-electron chi connectivity index (χ3n) is 0.964. The van der Waals surface area contributed by atoms with Gasteiger partial charge in [-0.2, -0.15) is 0 Å². The van der Waals surface area contributed by atoms with Crippen LogP contribution in [0.15, 0.2) is 12.7 Å². The van der Waals surface area contributed by atoms with E-state index < -0.39 is 0 Å². The number of hydrogen-bond acceptors (Lipinski definition) is 2. The standard InChI is InChI=1S/C6H14N2/c1-3-5-8-6(7)4-2/h3,6,8H,1,4-5,7H2,2H3.